The highest BCUT2D eigenvalue weighted by atomic mass is 32.1. The van der Waals surface area contributed by atoms with Gasteiger partial charge in [0, 0.05) is 17.6 Å². The Kier molecular flexibility index (Phi) is 3.88. The Labute approximate surface area is 153 Å². The zero-order valence-electron chi connectivity index (χ0n) is 14.7. The number of aromatic amines is 1. The summed E-state index contributed by atoms with van der Waals surface area (Å²) >= 11 is 1.23. The molecule has 0 bridgehead atoms. The maximum Gasteiger partial charge on any atom is 0.266 e. The molecule has 6 nitrogen and oxygen atoms in total. The summed E-state index contributed by atoms with van der Waals surface area (Å²) in [4.78, 5) is 32.7. The molecule has 0 aliphatic rings. The molecule has 0 saturated carbocycles. The third-order valence-corrected chi connectivity index (χ3v) is 5.71. The summed E-state index contributed by atoms with van der Waals surface area (Å²) in [6.07, 6.45) is 3.39. The first kappa shape index (κ1) is 16.5. The van der Waals surface area contributed by atoms with Crippen LogP contribution in [0.15, 0.2) is 41.6 Å². The highest BCUT2D eigenvalue weighted by molar-refractivity contribution is 7.20. The highest BCUT2D eigenvalue weighted by Gasteiger charge is 2.19. The molecule has 7 heteroatoms. The zero-order chi connectivity index (χ0) is 18.4. The summed E-state index contributed by atoms with van der Waals surface area (Å²) in [7, 11) is 0. The van der Waals surface area contributed by atoms with Crippen LogP contribution in [-0.4, -0.2) is 20.4 Å². The lowest BCUT2D eigenvalue weighted by molar-refractivity contribution is 0.103. The molecule has 4 aromatic rings. The maximum absolute atomic E-state index is 12.9. The van der Waals surface area contributed by atoms with Gasteiger partial charge in [-0.1, -0.05) is 6.07 Å². The molecular weight excluding hydrogens is 348 g/mol. The average molecular weight is 366 g/mol. The molecule has 3 heterocycles. The van der Waals surface area contributed by atoms with E-state index in [1.54, 1.807) is 6.92 Å². The molecule has 2 N–H and O–H groups in total. The van der Waals surface area contributed by atoms with Gasteiger partial charge in [-0.25, -0.2) is 4.98 Å². The monoisotopic (exact) mass is 366 g/mol. The lowest BCUT2D eigenvalue weighted by Gasteiger charge is -2.11. The van der Waals surface area contributed by atoms with Crippen molar-refractivity contribution in [2.75, 3.05) is 5.32 Å². The van der Waals surface area contributed by atoms with E-state index in [1.165, 1.54) is 17.7 Å². The van der Waals surface area contributed by atoms with E-state index in [9.17, 15) is 9.59 Å². The van der Waals surface area contributed by atoms with Crippen LogP contribution in [-0.2, 0) is 0 Å². The van der Waals surface area contributed by atoms with Gasteiger partial charge in [-0.2, -0.15) is 0 Å². The first-order valence-electron chi connectivity index (χ1n) is 8.35. The number of fused-ring (bicyclic) bond motifs is 2. The molecule has 0 fully saturated rings. The Bertz CT molecular complexity index is 1200. The summed E-state index contributed by atoms with van der Waals surface area (Å²) in [6, 6.07) is 8.20. The van der Waals surface area contributed by atoms with Crippen LogP contribution in [0.4, 0.5) is 5.69 Å². The van der Waals surface area contributed by atoms with E-state index in [0.29, 0.717) is 26.7 Å². The topological polar surface area (TPSA) is 79.8 Å². The van der Waals surface area contributed by atoms with Gasteiger partial charge in [0.25, 0.3) is 11.5 Å². The Balaban J connectivity index is 1.76. The lowest BCUT2D eigenvalue weighted by Crippen LogP contribution is -2.12. The summed E-state index contributed by atoms with van der Waals surface area (Å²) in [5.41, 5.74) is 2.26. The smallest absolute Gasteiger partial charge is 0.266 e. The van der Waals surface area contributed by atoms with E-state index in [4.69, 9.17) is 0 Å². The Morgan fingerprint density at radius 1 is 1.31 bits per heavy atom. The molecule has 0 aliphatic heterocycles. The van der Waals surface area contributed by atoms with Crippen LogP contribution in [0.5, 0.6) is 0 Å². The van der Waals surface area contributed by atoms with Crippen molar-refractivity contribution in [2.24, 2.45) is 0 Å². The third-order valence-electron chi connectivity index (χ3n) is 4.51. The average Bonchev–Trinajstić information content (AvgIpc) is 3.18. The van der Waals surface area contributed by atoms with E-state index >= 15 is 0 Å². The minimum atomic E-state index is -0.227. The molecule has 1 amide bonds. The van der Waals surface area contributed by atoms with Crippen molar-refractivity contribution >= 4 is 44.1 Å². The number of benzene rings is 1. The highest BCUT2D eigenvalue weighted by Crippen LogP contribution is 2.30. The van der Waals surface area contributed by atoms with Gasteiger partial charge in [0.15, 0.2) is 0 Å². The van der Waals surface area contributed by atoms with Crippen molar-refractivity contribution < 1.29 is 4.79 Å². The van der Waals surface area contributed by atoms with Gasteiger partial charge in [-0.3, -0.25) is 9.59 Å². The van der Waals surface area contributed by atoms with Crippen LogP contribution in [0.3, 0.4) is 0 Å². The summed E-state index contributed by atoms with van der Waals surface area (Å²) in [5.74, 6) is -0.227. The Hall–Kier alpha value is -2.93. The summed E-state index contributed by atoms with van der Waals surface area (Å²) in [6.45, 7) is 6.02. The lowest BCUT2D eigenvalue weighted by atomic mass is 10.2. The molecule has 0 spiro atoms. The number of anilines is 1. The normalized spacial score (nSPS) is 11.5. The van der Waals surface area contributed by atoms with Crippen LogP contribution in [0, 0.1) is 6.92 Å². The van der Waals surface area contributed by atoms with Crippen LogP contribution >= 0.6 is 11.3 Å². The largest absolute Gasteiger partial charge is 0.345 e. The van der Waals surface area contributed by atoms with Gasteiger partial charge in [0.1, 0.15) is 4.83 Å². The Morgan fingerprint density at radius 3 is 2.85 bits per heavy atom. The van der Waals surface area contributed by atoms with E-state index in [1.807, 2.05) is 30.5 Å². The number of carbonyl (C=O) groups is 1. The molecule has 0 saturated heterocycles. The summed E-state index contributed by atoms with van der Waals surface area (Å²) < 4.78 is 2.17. The van der Waals surface area contributed by atoms with Crippen molar-refractivity contribution in [2.45, 2.75) is 26.8 Å². The molecule has 26 heavy (non-hydrogen) atoms. The fourth-order valence-corrected chi connectivity index (χ4v) is 4.27. The number of hydrogen-bond acceptors (Lipinski definition) is 4. The predicted octanol–water partition coefficient (Wildman–Crippen LogP) is 4.08. The number of nitrogens with zero attached hydrogens (tertiary/aromatic N) is 2. The van der Waals surface area contributed by atoms with Gasteiger partial charge < -0.3 is 14.9 Å². The van der Waals surface area contributed by atoms with Gasteiger partial charge in [-0.05, 0) is 44.5 Å². The number of nitrogens with one attached hydrogen (secondary N) is 2. The van der Waals surface area contributed by atoms with Crippen LogP contribution in [0.1, 0.15) is 35.1 Å². The second-order valence-electron chi connectivity index (χ2n) is 6.48. The van der Waals surface area contributed by atoms with Crippen LogP contribution in [0.25, 0.3) is 21.1 Å². The first-order valence-corrected chi connectivity index (χ1v) is 9.16. The quantitative estimate of drug-likeness (QED) is 0.573. The number of rotatable bonds is 3. The second kappa shape index (κ2) is 6.10. The standard InChI is InChI=1S/C19H18N4O2S/c1-10(2)23-8-7-12-13(5-4-6-14(12)23)22-18(25)16-11(3)15-17(24)20-9-21-19(15)26-16/h4-10H,1-3H3,(H,22,25)(H,20,21,24). The van der Waals surface area contributed by atoms with E-state index < -0.39 is 0 Å². The summed E-state index contributed by atoms with van der Waals surface area (Å²) in [5, 5.41) is 4.46. The maximum atomic E-state index is 12.9. The molecule has 0 atom stereocenters. The second-order valence-corrected chi connectivity index (χ2v) is 7.48. The number of aromatic nitrogens is 3. The van der Waals surface area contributed by atoms with Gasteiger partial charge in [-0.15, -0.1) is 11.3 Å². The van der Waals surface area contributed by atoms with Crippen molar-refractivity contribution in [3.63, 3.8) is 0 Å². The fourth-order valence-electron chi connectivity index (χ4n) is 3.22. The van der Waals surface area contributed by atoms with Crippen molar-refractivity contribution in [1.82, 2.24) is 14.5 Å². The van der Waals surface area contributed by atoms with Crippen LogP contribution < -0.4 is 10.9 Å². The first-order chi connectivity index (χ1) is 12.5. The number of carbonyl (C=O) groups excluding carboxylic acids is 1. The minimum absolute atomic E-state index is 0.223. The van der Waals surface area contributed by atoms with E-state index in [0.717, 1.165) is 16.6 Å². The zero-order valence-corrected chi connectivity index (χ0v) is 15.5. The van der Waals surface area contributed by atoms with Gasteiger partial charge >= 0.3 is 0 Å². The van der Waals surface area contributed by atoms with E-state index in [-0.39, 0.29) is 11.5 Å². The SMILES string of the molecule is Cc1c(C(=O)Nc2cccc3c2ccn3C(C)C)sc2nc[nH]c(=O)c12. The third kappa shape index (κ3) is 2.52. The molecule has 1 aromatic carbocycles. The van der Waals surface area contributed by atoms with Crippen molar-refractivity contribution in [1.29, 1.82) is 0 Å². The predicted molar refractivity (Wildman–Crippen MR) is 105 cm³/mol. The van der Waals surface area contributed by atoms with Crippen LogP contribution in [0.2, 0.25) is 0 Å². The molecular formula is C19H18N4O2S. The number of hydrogen-bond donors (Lipinski definition) is 2. The molecule has 132 valence electrons. The van der Waals surface area contributed by atoms with Gasteiger partial charge in [0.05, 0.1) is 27.8 Å². The molecule has 0 radical (unpaired) electrons. The molecule has 0 unspecified atom stereocenters. The van der Waals surface area contributed by atoms with Crippen molar-refractivity contribution in [3.05, 3.63) is 57.6 Å². The number of aryl methyl sites for hydroxylation is 1. The van der Waals surface area contributed by atoms with Gasteiger partial charge in [0.2, 0.25) is 0 Å². The Morgan fingerprint density at radius 2 is 2.12 bits per heavy atom. The van der Waals surface area contributed by atoms with Crippen molar-refractivity contribution in [3.8, 4) is 0 Å². The molecule has 3 aromatic heterocycles. The minimum Gasteiger partial charge on any atom is -0.345 e. The number of H-pyrrole nitrogens is 1. The molecule has 4 rings (SSSR count). The number of thiophene rings is 1. The molecule has 0 aliphatic carbocycles. The number of amides is 1. The fraction of sp³-hybridized carbons (Fsp3) is 0.211. The van der Waals surface area contributed by atoms with E-state index in [2.05, 4.69) is 33.7 Å².